The molecule has 0 radical (unpaired) electrons. The van der Waals surface area contributed by atoms with Gasteiger partial charge in [-0.25, -0.2) is 0 Å². The third-order valence-electron chi connectivity index (χ3n) is 5.94. The van der Waals surface area contributed by atoms with Gasteiger partial charge >= 0.3 is 0 Å². The first-order valence-electron chi connectivity index (χ1n) is 10.3. The molecule has 30 heavy (non-hydrogen) atoms. The number of rotatable bonds is 3. The second-order valence-electron chi connectivity index (χ2n) is 7.62. The molecule has 5 rings (SSSR count). The molecule has 2 aliphatic rings. The number of benzene rings is 3. The number of amides is 1. The Balaban J connectivity index is 1.37. The standard InChI is InChI=1S/C25H24N2O3/c1-29-19-8-6-7-18(17-19)26-13-15-27(16-14-26)25(28)24-20-9-2-4-11-22(20)30-23-12-5-3-10-21(23)24/h2-12,17,24H,13-16H2,1H3. The van der Waals surface area contributed by atoms with Crippen LogP contribution in [-0.4, -0.2) is 44.1 Å². The fourth-order valence-corrected chi connectivity index (χ4v) is 4.35. The van der Waals surface area contributed by atoms with Crippen molar-refractivity contribution >= 4 is 11.6 Å². The number of carbonyl (C=O) groups is 1. The van der Waals surface area contributed by atoms with Gasteiger partial charge in [0, 0.05) is 49.1 Å². The molecule has 5 nitrogen and oxygen atoms in total. The summed E-state index contributed by atoms with van der Waals surface area (Å²) in [7, 11) is 1.68. The average Bonchev–Trinajstić information content (AvgIpc) is 2.82. The van der Waals surface area contributed by atoms with Gasteiger partial charge in [0.25, 0.3) is 0 Å². The van der Waals surface area contributed by atoms with Crippen molar-refractivity contribution in [1.82, 2.24) is 4.90 Å². The molecule has 0 atom stereocenters. The summed E-state index contributed by atoms with van der Waals surface area (Å²) in [5.74, 6) is 2.20. The quantitative estimate of drug-likeness (QED) is 0.658. The monoisotopic (exact) mass is 400 g/mol. The van der Waals surface area contributed by atoms with Crippen LogP contribution >= 0.6 is 0 Å². The maximum absolute atomic E-state index is 13.7. The van der Waals surface area contributed by atoms with Crippen molar-refractivity contribution < 1.29 is 14.3 Å². The Morgan fingerprint density at radius 3 is 2.13 bits per heavy atom. The zero-order valence-electron chi connectivity index (χ0n) is 17.0. The summed E-state index contributed by atoms with van der Waals surface area (Å²) in [6.07, 6.45) is 0. The lowest BCUT2D eigenvalue weighted by Gasteiger charge is -2.38. The summed E-state index contributed by atoms with van der Waals surface area (Å²) in [6.45, 7) is 2.98. The number of ether oxygens (including phenoxy) is 2. The molecule has 0 unspecified atom stereocenters. The van der Waals surface area contributed by atoms with Gasteiger partial charge in [0.05, 0.1) is 13.0 Å². The number of anilines is 1. The summed E-state index contributed by atoms with van der Waals surface area (Å²) >= 11 is 0. The molecule has 0 bridgehead atoms. The molecular formula is C25H24N2O3. The predicted octanol–water partition coefficient (Wildman–Crippen LogP) is 4.28. The number of piperazine rings is 1. The Hall–Kier alpha value is -3.47. The molecule has 5 heteroatoms. The van der Waals surface area contributed by atoms with Gasteiger partial charge in [0.15, 0.2) is 0 Å². The minimum Gasteiger partial charge on any atom is -0.497 e. The normalized spacial score (nSPS) is 15.8. The Bertz CT molecular complexity index is 1030. The minimum atomic E-state index is -0.325. The van der Waals surface area contributed by atoms with E-state index in [-0.39, 0.29) is 11.8 Å². The van der Waals surface area contributed by atoms with Crippen LogP contribution in [0.1, 0.15) is 17.0 Å². The summed E-state index contributed by atoms with van der Waals surface area (Å²) in [5, 5.41) is 0. The highest BCUT2D eigenvalue weighted by Crippen LogP contribution is 2.44. The van der Waals surface area contributed by atoms with Gasteiger partial charge in [-0.3, -0.25) is 4.79 Å². The van der Waals surface area contributed by atoms with Gasteiger partial charge in [-0.05, 0) is 24.3 Å². The van der Waals surface area contributed by atoms with Crippen LogP contribution in [0.5, 0.6) is 17.2 Å². The number of hydrogen-bond acceptors (Lipinski definition) is 4. The fourth-order valence-electron chi connectivity index (χ4n) is 4.35. The molecule has 0 N–H and O–H groups in total. The van der Waals surface area contributed by atoms with Crippen molar-refractivity contribution in [1.29, 1.82) is 0 Å². The topological polar surface area (TPSA) is 42.0 Å². The summed E-state index contributed by atoms with van der Waals surface area (Å²) in [6, 6.07) is 23.8. The molecule has 1 saturated heterocycles. The Labute approximate surface area is 176 Å². The van der Waals surface area contributed by atoms with Crippen LogP contribution in [0.2, 0.25) is 0 Å². The van der Waals surface area contributed by atoms with E-state index in [1.54, 1.807) is 7.11 Å². The molecule has 0 aliphatic carbocycles. The first-order valence-corrected chi connectivity index (χ1v) is 10.3. The molecule has 1 amide bonds. The van der Waals surface area contributed by atoms with Crippen LogP contribution in [0.25, 0.3) is 0 Å². The van der Waals surface area contributed by atoms with Crippen molar-refractivity contribution in [2.45, 2.75) is 5.92 Å². The van der Waals surface area contributed by atoms with Crippen LogP contribution in [0.4, 0.5) is 5.69 Å². The number of carbonyl (C=O) groups excluding carboxylic acids is 1. The third kappa shape index (κ3) is 3.26. The molecule has 2 aliphatic heterocycles. The van der Waals surface area contributed by atoms with E-state index in [9.17, 15) is 4.79 Å². The summed E-state index contributed by atoms with van der Waals surface area (Å²) in [4.78, 5) is 17.9. The van der Waals surface area contributed by atoms with Gasteiger partial charge < -0.3 is 19.3 Å². The molecule has 3 aromatic rings. The number of para-hydroxylation sites is 2. The predicted molar refractivity (Wildman–Crippen MR) is 117 cm³/mol. The maximum Gasteiger partial charge on any atom is 0.234 e. The van der Waals surface area contributed by atoms with Crippen molar-refractivity contribution in [2.75, 3.05) is 38.2 Å². The second kappa shape index (κ2) is 7.75. The molecule has 0 aromatic heterocycles. The number of methoxy groups -OCH3 is 1. The molecule has 1 fully saturated rings. The molecule has 0 spiro atoms. The van der Waals surface area contributed by atoms with Gasteiger partial charge in [0.2, 0.25) is 5.91 Å². The van der Waals surface area contributed by atoms with E-state index in [4.69, 9.17) is 9.47 Å². The summed E-state index contributed by atoms with van der Waals surface area (Å²) in [5.41, 5.74) is 3.01. The molecular weight excluding hydrogens is 376 g/mol. The largest absolute Gasteiger partial charge is 0.497 e. The Morgan fingerprint density at radius 2 is 1.50 bits per heavy atom. The lowest BCUT2D eigenvalue weighted by Crippen LogP contribution is -2.50. The maximum atomic E-state index is 13.7. The van der Waals surface area contributed by atoms with Crippen LogP contribution in [0.3, 0.4) is 0 Å². The fraction of sp³-hybridized carbons (Fsp3) is 0.240. The Kier molecular flexibility index (Phi) is 4.79. The minimum absolute atomic E-state index is 0.142. The average molecular weight is 400 g/mol. The highest BCUT2D eigenvalue weighted by Gasteiger charge is 2.36. The molecule has 3 aromatic carbocycles. The van der Waals surface area contributed by atoms with Crippen molar-refractivity contribution in [3.63, 3.8) is 0 Å². The van der Waals surface area contributed by atoms with Gasteiger partial charge in [-0.2, -0.15) is 0 Å². The third-order valence-corrected chi connectivity index (χ3v) is 5.94. The highest BCUT2D eigenvalue weighted by molar-refractivity contribution is 5.90. The van der Waals surface area contributed by atoms with E-state index in [1.165, 1.54) is 0 Å². The van der Waals surface area contributed by atoms with Crippen molar-refractivity contribution in [3.05, 3.63) is 83.9 Å². The van der Waals surface area contributed by atoms with E-state index in [1.807, 2.05) is 71.6 Å². The van der Waals surface area contributed by atoms with Gasteiger partial charge in [-0.15, -0.1) is 0 Å². The zero-order valence-corrected chi connectivity index (χ0v) is 17.0. The lowest BCUT2D eigenvalue weighted by atomic mass is 9.86. The van der Waals surface area contributed by atoms with Crippen molar-refractivity contribution in [3.8, 4) is 17.2 Å². The van der Waals surface area contributed by atoms with E-state index in [0.29, 0.717) is 13.1 Å². The Morgan fingerprint density at radius 1 is 0.867 bits per heavy atom. The van der Waals surface area contributed by atoms with Crippen LogP contribution in [0.15, 0.2) is 72.8 Å². The van der Waals surface area contributed by atoms with E-state index < -0.39 is 0 Å². The molecule has 152 valence electrons. The summed E-state index contributed by atoms with van der Waals surface area (Å²) < 4.78 is 11.4. The van der Waals surface area contributed by atoms with Crippen LogP contribution < -0.4 is 14.4 Å². The number of hydrogen-bond donors (Lipinski definition) is 0. The van der Waals surface area contributed by atoms with Gasteiger partial charge in [-0.1, -0.05) is 42.5 Å². The van der Waals surface area contributed by atoms with Crippen LogP contribution in [-0.2, 0) is 4.79 Å². The SMILES string of the molecule is COc1cccc(N2CCN(C(=O)C3c4ccccc4Oc4ccccc43)CC2)c1. The van der Waals surface area contributed by atoms with Gasteiger partial charge in [0.1, 0.15) is 17.2 Å². The highest BCUT2D eigenvalue weighted by atomic mass is 16.5. The van der Waals surface area contributed by atoms with Crippen LogP contribution in [0, 0.1) is 0 Å². The molecule has 0 saturated carbocycles. The second-order valence-corrected chi connectivity index (χ2v) is 7.62. The van der Waals surface area contributed by atoms with E-state index in [0.717, 1.165) is 47.2 Å². The first-order chi connectivity index (χ1) is 14.7. The van der Waals surface area contributed by atoms with Crippen molar-refractivity contribution in [2.24, 2.45) is 0 Å². The van der Waals surface area contributed by atoms with E-state index >= 15 is 0 Å². The first kappa shape index (κ1) is 18.6. The number of nitrogens with zero attached hydrogens (tertiary/aromatic N) is 2. The lowest BCUT2D eigenvalue weighted by molar-refractivity contribution is -0.132. The smallest absolute Gasteiger partial charge is 0.234 e. The molecule has 2 heterocycles. The number of fused-ring (bicyclic) bond motifs is 2. The van der Waals surface area contributed by atoms with E-state index in [2.05, 4.69) is 11.0 Å². The zero-order chi connectivity index (χ0) is 20.5.